The Bertz CT molecular complexity index is 1330. The van der Waals surface area contributed by atoms with Crippen LogP contribution in [-0.4, -0.2) is 24.7 Å². The zero-order chi connectivity index (χ0) is 20.9. The molecule has 1 N–H and O–H groups in total. The first-order valence-electron chi connectivity index (χ1n) is 10.00. The van der Waals surface area contributed by atoms with Crippen molar-refractivity contribution in [2.45, 2.75) is 6.54 Å². The van der Waals surface area contributed by atoms with Crippen molar-refractivity contribution in [1.29, 1.82) is 0 Å². The fourth-order valence-corrected chi connectivity index (χ4v) is 3.41. The summed E-state index contributed by atoms with van der Waals surface area (Å²) in [6.07, 6.45) is 12.8. The van der Waals surface area contributed by atoms with Crippen LogP contribution in [0.25, 0.3) is 23.1 Å². The summed E-state index contributed by atoms with van der Waals surface area (Å²) >= 11 is 0. The highest BCUT2D eigenvalue weighted by atomic mass is 15.3. The van der Waals surface area contributed by atoms with Gasteiger partial charge in [0.25, 0.3) is 0 Å². The number of hydrogen-bond acceptors (Lipinski definition) is 5. The monoisotopic (exact) mass is 404 g/mol. The van der Waals surface area contributed by atoms with Gasteiger partial charge in [-0.05, 0) is 41.5 Å². The van der Waals surface area contributed by atoms with Gasteiger partial charge >= 0.3 is 0 Å². The van der Waals surface area contributed by atoms with E-state index in [1.54, 1.807) is 18.7 Å². The summed E-state index contributed by atoms with van der Waals surface area (Å²) < 4.78 is 2.02. The minimum absolute atomic E-state index is 0.742. The molecule has 0 spiro atoms. The molecule has 3 aromatic heterocycles. The highest BCUT2D eigenvalue weighted by molar-refractivity contribution is 5.84. The van der Waals surface area contributed by atoms with Crippen LogP contribution in [0.15, 0.2) is 91.8 Å². The smallest absolute Gasteiger partial charge is 0.141 e. The Kier molecular flexibility index (Phi) is 5.18. The van der Waals surface area contributed by atoms with Gasteiger partial charge in [0.05, 0.1) is 18.3 Å². The van der Waals surface area contributed by atoms with Crippen LogP contribution in [-0.2, 0) is 6.54 Å². The molecule has 0 saturated heterocycles. The SMILES string of the molecule is C(=C\c1cncnc1Nc1ccc2c(cnn2Cc2ccccc2)c1)/c1cccnc1. The molecule has 0 fully saturated rings. The third kappa shape index (κ3) is 4.33. The molecule has 0 aliphatic carbocycles. The van der Waals surface area contributed by atoms with E-state index in [1.165, 1.54) is 5.56 Å². The van der Waals surface area contributed by atoms with Crippen molar-refractivity contribution in [2.24, 2.45) is 0 Å². The predicted molar refractivity (Wildman–Crippen MR) is 124 cm³/mol. The summed E-state index contributed by atoms with van der Waals surface area (Å²) in [5.41, 5.74) is 5.17. The Balaban J connectivity index is 1.38. The third-order valence-electron chi connectivity index (χ3n) is 4.96. The Morgan fingerprint density at radius 1 is 0.871 bits per heavy atom. The molecule has 0 unspecified atom stereocenters. The second kappa shape index (κ2) is 8.59. The molecule has 3 heterocycles. The van der Waals surface area contributed by atoms with E-state index < -0.39 is 0 Å². The van der Waals surface area contributed by atoms with Crippen LogP contribution < -0.4 is 5.32 Å². The van der Waals surface area contributed by atoms with E-state index in [1.807, 2.05) is 65.6 Å². The van der Waals surface area contributed by atoms with E-state index in [-0.39, 0.29) is 0 Å². The standard InChI is InChI=1S/C25H20N6/c1-2-5-20(6-3-1)17-31-24-11-10-23(13-22(24)16-29-31)30-25-21(15-27-18-28-25)9-8-19-7-4-12-26-14-19/h1-16,18H,17H2,(H,27,28,30)/b9-8+. The number of aromatic nitrogens is 5. The van der Waals surface area contributed by atoms with Gasteiger partial charge in [-0.25, -0.2) is 9.97 Å². The van der Waals surface area contributed by atoms with Gasteiger partial charge < -0.3 is 5.32 Å². The second-order valence-electron chi connectivity index (χ2n) is 7.13. The first-order valence-corrected chi connectivity index (χ1v) is 10.00. The maximum absolute atomic E-state index is 4.57. The fourth-order valence-electron chi connectivity index (χ4n) is 3.41. The van der Waals surface area contributed by atoms with Crippen molar-refractivity contribution in [3.8, 4) is 0 Å². The molecule has 0 aliphatic rings. The summed E-state index contributed by atoms with van der Waals surface area (Å²) in [4.78, 5) is 12.7. The average Bonchev–Trinajstić information content (AvgIpc) is 3.22. The molecule has 5 rings (SSSR count). The van der Waals surface area contributed by atoms with Crippen LogP contribution in [0.4, 0.5) is 11.5 Å². The lowest BCUT2D eigenvalue weighted by Crippen LogP contribution is -2.01. The Morgan fingerprint density at radius 2 is 1.81 bits per heavy atom. The molecular weight excluding hydrogens is 384 g/mol. The van der Waals surface area contributed by atoms with E-state index in [0.29, 0.717) is 0 Å². The Morgan fingerprint density at radius 3 is 2.68 bits per heavy atom. The molecule has 2 aromatic carbocycles. The first kappa shape index (κ1) is 18.7. The van der Waals surface area contributed by atoms with Crippen molar-refractivity contribution in [3.63, 3.8) is 0 Å². The topological polar surface area (TPSA) is 68.5 Å². The number of anilines is 2. The van der Waals surface area contributed by atoms with Crippen molar-refractivity contribution < 1.29 is 0 Å². The van der Waals surface area contributed by atoms with E-state index >= 15 is 0 Å². The summed E-state index contributed by atoms with van der Waals surface area (Å²) in [6.45, 7) is 0.742. The molecule has 150 valence electrons. The summed E-state index contributed by atoms with van der Waals surface area (Å²) in [6, 6.07) is 20.5. The molecule has 0 saturated carbocycles. The number of fused-ring (bicyclic) bond motifs is 1. The van der Waals surface area contributed by atoms with E-state index in [4.69, 9.17) is 0 Å². The van der Waals surface area contributed by atoms with Gasteiger partial charge in [0.15, 0.2) is 0 Å². The van der Waals surface area contributed by atoms with Gasteiger partial charge in [-0.2, -0.15) is 5.10 Å². The highest BCUT2D eigenvalue weighted by Crippen LogP contribution is 2.24. The number of pyridine rings is 1. The van der Waals surface area contributed by atoms with Crippen molar-refractivity contribution in [2.75, 3.05) is 5.32 Å². The van der Waals surface area contributed by atoms with E-state index in [0.717, 1.165) is 40.1 Å². The van der Waals surface area contributed by atoms with E-state index in [9.17, 15) is 0 Å². The summed E-state index contributed by atoms with van der Waals surface area (Å²) in [5, 5.41) is 9.04. The zero-order valence-corrected chi connectivity index (χ0v) is 16.8. The van der Waals surface area contributed by atoms with Crippen molar-refractivity contribution in [3.05, 3.63) is 108 Å². The number of nitrogens with one attached hydrogen (secondary N) is 1. The molecule has 31 heavy (non-hydrogen) atoms. The molecule has 0 atom stereocenters. The van der Waals surface area contributed by atoms with Gasteiger partial charge in [-0.15, -0.1) is 0 Å². The number of nitrogens with zero attached hydrogens (tertiary/aromatic N) is 5. The minimum Gasteiger partial charge on any atom is -0.340 e. The van der Waals surface area contributed by atoms with Gasteiger partial charge in [0.1, 0.15) is 12.1 Å². The van der Waals surface area contributed by atoms with Crippen LogP contribution in [0.2, 0.25) is 0 Å². The van der Waals surface area contributed by atoms with Gasteiger partial charge in [-0.1, -0.05) is 42.5 Å². The summed E-state index contributed by atoms with van der Waals surface area (Å²) in [5.74, 6) is 0.742. The van der Waals surface area contributed by atoms with Crippen LogP contribution in [0, 0.1) is 0 Å². The quantitative estimate of drug-likeness (QED) is 0.422. The molecule has 0 aliphatic heterocycles. The normalized spacial score (nSPS) is 11.2. The molecule has 0 radical (unpaired) electrons. The van der Waals surface area contributed by atoms with Crippen molar-refractivity contribution in [1.82, 2.24) is 24.7 Å². The maximum Gasteiger partial charge on any atom is 0.141 e. The van der Waals surface area contributed by atoms with Crippen LogP contribution >= 0.6 is 0 Å². The molecule has 0 bridgehead atoms. The number of rotatable bonds is 6. The minimum atomic E-state index is 0.742. The second-order valence-corrected chi connectivity index (χ2v) is 7.13. The highest BCUT2D eigenvalue weighted by Gasteiger charge is 2.07. The Hall–Kier alpha value is -4.32. The number of benzene rings is 2. The zero-order valence-electron chi connectivity index (χ0n) is 16.8. The largest absolute Gasteiger partial charge is 0.340 e. The van der Waals surface area contributed by atoms with E-state index in [2.05, 4.69) is 49.6 Å². The van der Waals surface area contributed by atoms with Gasteiger partial charge in [-0.3, -0.25) is 9.67 Å². The molecule has 0 amide bonds. The fraction of sp³-hybridized carbons (Fsp3) is 0.0400. The molecule has 6 nitrogen and oxygen atoms in total. The van der Waals surface area contributed by atoms with Crippen LogP contribution in [0.5, 0.6) is 0 Å². The third-order valence-corrected chi connectivity index (χ3v) is 4.96. The van der Waals surface area contributed by atoms with Crippen molar-refractivity contribution >= 4 is 34.6 Å². The van der Waals surface area contributed by atoms with Gasteiger partial charge in [0.2, 0.25) is 0 Å². The lowest BCUT2D eigenvalue weighted by Gasteiger charge is -2.09. The average molecular weight is 404 g/mol. The lowest BCUT2D eigenvalue weighted by molar-refractivity contribution is 0.712. The molecular formula is C25H20N6. The molecule has 6 heteroatoms. The first-order chi connectivity index (χ1) is 15.3. The lowest BCUT2D eigenvalue weighted by atomic mass is 10.2. The molecule has 5 aromatic rings. The maximum atomic E-state index is 4.57. The van der Waals surface area contributed by atoms with Crippen LogP contribution in [0.1, 0.15) is 16.7 Å². The van der Waals surface area contributed by atoms with Gasteiger partial charge in [0, 0.05) is 35.2 Å². The summed E-state index contributed by atoms with van der Waals surface area (Å²) in [7, 11) is 0. The Labute approximate surface area is 180 Å². The predicted octanol–water partition coefficient (Wildman–Crippen LogP) is 5.18. The van der Waals surface area contributed by atoms with Crippen LogP contribution in [0.3, 0.4) is 0 Å². The number of hydrogen-bond donors (Lipinski definition) is 1.